The van der Waals surface area contributed by atoms with Gasteiger partial charge in [-0.15, -0.1) is 0 Å². The average Bonchev–Trinajstić information content (AvgIpc) is 3.11. The van der Waals surface area contributed by atoms with Crippen LogP contribution in [0.2, 0.25) is 5.04 Å². The molecular weight excluding hydrogens is 348 g/mol. The smallest absolute Gasteiger partial charge is 0.261 e. The molecule has 0 radical (unpaired) electrons. The summed E-state index contributed by atoms with van der Waals surface area (Å²) >= 11 is 0. The van der Waals surface area contributed by atoms with Crippen molar-refractivity contribution in [1.29, 1.82) is 0 Å². The van der Waals surface area contributed by atoms with E-state index in [9.17, 15) is 0 Å². The Morgan fingerprint density at radius 1 is 0.778 bits per heavy atom. The van der Waals surface area contributed by atoms with Crippen LogP contribution in [0.4, 0.5) is 0 Å². The summed E-state index contributed by atoms with van der Waals surface area (Å²) in [5.41, 5.74) is 0. The number of benzene rings is 2. The summed E-state index contributed by atoms with van der Waals surface area (Å²) in [5.74, 6) is 1.95. The highest BCUT2D eigenvalue weighted by atomic mass is 28.4. The third-order valence-electron chi connectivity index (χ3n) is 5.06. The first-order valence-corrected chi connectivity index (χ1v) is 11.7. The van der Waals surface area contributed by atoms with Gasteiger partial charge >= 0.3 is 0 Å². The van der Waals surface area contributed by atoms with E-state index in [2.05, 4.69) is 100 Å². The zero-order valence-electron chi connectivity index (χ0n) is 16.9. The minimum Gasteiger partial charge on any atom is -0.464 e. The third kappa shape index (κ3) is 4.09. The van der Waals surface area contributed by atoms with E-state index in [4.69, 9.17) is 8.84 Å². The molecule has 0 saturated heterocycles. The van der Waals surface area contributed by atoms with Crippen LogP contribution in [0.5, 0.6) is 0 Å². The molecule has 0 spiro atoms. The van der Waals surface area contributed by atoms with Crippen molar-refractivity contribution in [3.8, 4) is 0 Å². The fraction of sp³-hybridized carbons (Fsp3) is 0.333. The Balaban J connectivity index is 2.03. The van der Waals surface area contributed by atoms with Crippen LogP contribution in [-0.4, -0.2) is 8.32 Å². The van der Waals surface area contributed by atoms with Crippen molar-refractivity contribution in [3.05, 3.63) is 84.3 Å². The molecule has 0 aliphatic heterocycles. The summed E-state index contributed by atoms with van der Waals surface area (Å²) < 4.78 is 12.9. The molecule has 3 heteroatoms. The van der Waals surface area contributed by atoms with Crippen molar-refractivity contribution in [2.24, 2.45) is 0 Å². The molecule has 0 bridgehead atoms. The zero-order valence-corrected chi connectivity index (χ0v) is 17.9. The minimum atomic E-state index is -2.50. The van der Waals surface area contributed by atoms with Gasteiger partial charge in [-0.1, -0.05) is 88.4 Å². The molecule has 142 valence electrons. The molecule has 27 heavy (non-hydrogen) atoms. The molecule has 3 aromatic rings. The van der Waals surface area contributed by atoms with Gasteiger partial charge in [0, 0.05) is 6.42 Å². The molecule has 2 aromatic carbocycles. The summed E-state index contributed by atoms with van der Waals surface area (Å²) in [7, 11) is -2.50. The summed E-state index contributed by atoms with van der Waals surface area (Å²) in [4.78, 5) is 0. The van der Waals surface area contributed by atoms with Crippen LogP contribution in [0, 0.1) is 0 Å². The first-order chi connectivity index (χ1) is 13.0. The van der Waals surface area contributed by atoms with E-state index in [1.165, 1.54) is 10.4 Å². The minimum absolute atomic E-state index is 0.0193. The Morgan fingerprint density at radius 2 is 1.30 bits per heavy atom. The van der Waals surface area contributed by atoms with Gasteiger partial charge in [0.05, 0.1) is 6.61 Å². The number of hydrogen-bond donors (Lipinski definition) is 0. The normalized spacial score (nSPS) is 12.3. The van der Waals surface area contributed by atoms with Gasteiger partial charge in [-0.3, -0.25) is 0 Å². The van der Waals surface area contributed by atoms with Gasteiger partial charge in [0.2, 0.25) is 0 Å². The molecule has 0 atom stereocenters. The second kappa shape index (κ2) is 8.28. The molecule has 3 rings (SSSR count). The van der Waals surface area contributed by atoms with Crippen molar-refractivity contribution < 1.29 is 8.84 Å². The molecule has 2 nitrogen and oxygen atoms in total. The standard InChI is InChI=1S/C24H30O2Si/c1-5-12-20-17-18-21(26-20)19-25-27(24(2,3)4,22-13-8-6-9-14-22)23-15-10-7-11-16-23/h6-11,13-18H,5,12,19H2,1-4H3. The van der Waals surface area contributed by atoms with Gasteiger partial charge < -0.3 is 8.84 Å². The molecule has 0 fully saturated rings. The molecule has 0 saturated carbocycles. The number of aryl methyl sites for hydroxylation is 1. The van der Waals surface area contributed by atoms with Crippen molar-refractivity contribution in [2.75, 3.05) is 0 Å². The quantitative estimate of drug-likeness (QED) is 0.520. The molecule has 0 aliphatic rings. The highest BCUT2D eigenvalue weighted by molar-refractivity contribution is 6.99. The summed E-state index contributed by atoms with van der Waals surface area (Å²) in [6.45, 7) is 9.55. The Hall–Kier alpha value is -2.10. The Morgan fingerprint density at radius 3 is 1.78 bits per heavy atom. The van der Waals surface area contributed by atoms with E-state index in [0.717, 1.165) is 24.4 Å². The van der Waals surface area contributed by atoms with E-state index in [1.807, 2.05) is 0 Å². The second-order valence-corrected chi connectivity index (χ2v) is 12.4. The summed E-state index contributed by atoms with van der Waals surface area (Å²) in [6.07, 6.45) is 2.06. The van der Waals surface area contributed by atoms with Gasteiger partial charge in [-0.2, -0.15) is 0 Å². The zero-order chi connectivity index (χ0) is 19.3. The lowest BCUT2D eigenvalue weighted by Gasteiger charge is -2.42. The van der Waals surface area contributed by atoms with Crippen LogP contribution >= 0.6 is 0 Å². The lowest BCUT2D eigenvalue weighted by atomic mass is 10.2. The van der Waals surface area contributed by atoms with Crippen LogP contribution < -0.4 is 10.4 Å². The van der Waals surface area contributed by atoms with Crippen LogP contribution in [0.15, 0.2) is 77.2 Å². The fourth-order valence-electron chi connectivity index (χ4n) is 3.82. The van der Waals surface area contributed by atoms with Crippen LogP contribution in [-0.2, 0) is 17.5 Å². The molecule has 0 N–H and O–H groups in total. The van der Waals surface area contributed by atoms with Crippen LogP contribution in [0.3, 0.4) is 0 Å². The second-order valence-electron chi connectivity index (χ2n) is 8.07. The maximum absolute atomic E-state index is 6.89. The maximum atomic E-state index is 6.89. The van der Waals surface area contributed by atoms with E-state index in [1.54, 1.807) is 0 Å². The predicted octanol–water partition coefficient (Wildman–Crippen LogP) is 5.31. The van der Waals surface area contributed by atoms with Gasteiger partial charge in [0.1, 0.15) is 11.5 Å². The van der Waals surface area contributed by atoms with Crippen molar-refractivity contribution in [1.82, 2.24) is 0 Å². The highest BCUT2D eigenvalue weighted by Gasteiger charge is 2.50. The van der Waals surface area contributed by atoms with Gasteiger partial charge in [0.25, 0.3) is 8.32 Å². The SMILES string of the molecule is CCCc1ccc(CO[Si](c2ccccc2)(c2ccccc2)C(C)(C)C)o1. The fourth-order valence-corrected chi connectivity index (χ4v) is 8.34. The van der Waals surface area contributed by atoms with E-state index >= 15 is 0 Å². The monoisotopic (exact) mass is 378 g/mol. The van der Waals surface area contributed by atoms with E-state index in [0.29, 0.717) is 6.61 Å². The van der Waals surface area contributed by atoms with E-state index < -0.39 is 8.32 Å². The topological polar surface area (TPSA) is 22.4 Å². The van der Waals surface area contributed by atoms with Gasteiger partial charge in [-0.05, 0) is 34.0 Å². The summed E-state index contributed by atoms with van der Waals surface area (Å²) in [6, 6.07) is 25.6. The van der Waals surface area contributed by atoms with Crippen molar-refractivity contribution in [3.63, 3.8) is 0 Å². The lowest BCUT2D eigenvalue weighted by Crippen LogP contribution is -2.66. The van der Waals surface area contributed by atoms with Crippen LogP contribution in [0.1, 0.15) is 45.6 Å². The molecule has 0 aliphatic carbocycles. The largest absolute Gasteiger partial charge is 0.464 e. The predicted molar refractivity (Wildman–Crippen MR) is 115 cm³/mol. The highest BCUT2D eigenvalue weighted by Crippen LogP contribution is 2.37. The van der Waals surface area contributed by atoms with Gasteiger partial charge in [-0.25, -0.2) is 0 Å². The Kier molecular flexibility index (Phi) is 6.03. The molecule has 0 amide bonds. The lowest BCUT2D eigenvalue weighted by molar-refractivity contribution is 0.250. The summed E-state index contributed by atoms with van der Waals surface area (Å²) in [5, 5.41) is 2.57. The van der Waals surface area contributed by atoms with Crippen molar-refractivity contribution >= 4 is 18.7 Å². The molecule has 1 heterocycles. The first kappa shape index (κ1) is 19.7. The maximum Gasteiger partial charge on any atom is 0.261 e. The number of rotatable bonds is 7. The van der Waals surface area contributed by atoms with Crippen molar-refractivity contribution in [2.45, 2.75) is 52.2 Å². The molecular formula is C24H30O2Si. The first-order valence-electron chi connectivity index (χ1n) is 9.80. The number of furan rings is 1. The Bertz CT molecular complexity index is 792. The van der Waals surface area contributed by atoms with E-state index in [-0.39, 0.29) is 5.04 Å². The molecule has 0 unspecified atom stereocenters. The number of hydrogen-bond acceptors (Lipinski definition) is 2. The third-order valence-corrected chi connectivity index (χ3v) is 10.0. The Labute approximate surface area is 164 Å². The molecule has 1 aromatic heterocycles. The van der Waals surface area contributed by atoms with Gasteiger partial charge in [0.15, 0.2) is 0 Å². The average molecular weight is 379 g/mol. The van der Waals surface area contributed by atoms with Crippen LogP contribution in [0.25, 0.3) is 0 Å².